The topological polar surface area (TPSA) is 47.3 Å². The van der Waals surface area contributed by atoms with E-state index in [1.165, 1.54) is 6.07 Å². The Balaban J connectivity index is 3.48. The van der Waals surface area contributed by atoms with Gasteiger partial charge in [0, 0.05) is 6.07 Å². The van der Waals surface area contributed by atoms with Gasteiger partial charge in [-0.1, -0.05) is 0 Å². The van der Waals surface area contributed by atoms with Gasteiger partial charge in [-0.2, -0.15) is 0 Å². The third-order valence-corrected chi connectivity index (χ3v) is 1.51. The molecule has 0 aromatic carbocycles. The van der Waals surface area contributed by atoms with Crippen molar-refractivity contribution in [2.24, 2.45) is 0 Å². The summed E-state index contributed by atoms with van der Waals surface area (Å²) >= 11 is 0. The van der Waals surface area contributed by atoms with E-state index in [2.05, 4.69) is 0 Å². The molecule has 0 aliphatic carbocycles. The summed E-state index contributed by atoms with van der Waals surface area (Å²) in [4.78, 5) is 21.1. The van der Waals surface area contributed by atoms with Gasteiger partial charge in [0.15, 0.2) is 6.29 Å². The van der Waals surface area contributed by atoms with Gasteiger partial charge in [-0.3, -0.25) is 4.79 Å². The van der Waals surface area contributed by atoms with Gasteiger partial charge in [0.05, 0.1) is 5.56 Å². The monoisotopic (exact) mass is 152 g/mol. The molecule has 1 rings (SSSR count). The van der Waals surface area contributed by atoms with Crippen molar-refractivity contribution >= 4 is 6.29 Å². The highest BCUT2D eigenvalue weighted by Crippen LogP contribution is 2.06. The van der Waals surface area contributed by atoms with Crippen LogP contribution in [-0.2, 0) is 0 Å². The molecular formula is C8H8O3. The first-order valence-electron chi connectivity index (χ1n) is 3.21. The van der Waals surface area contributed by atoms with E-state index in [0.717, 1.165) is 0 Å². The second-order valence-corrected chi connectivity index (χ2v) is 2.34. The minimum absolute atomic E-state index is 0.380. The van der Waals surface area contributed by atoms with Gasteiger partial charge >= 0.3 is 5.63 Å². The molecule has 3 nitrogen and oxygen atoms in total. The number of aryl methyl sites for hydroxylation is 2. The van der Waals surface area contributed by atoms with Crippen molar-refractivity contribution in [2.45, 2.75) is 13.8 Å². The first kappa shape index (κ1) is 7.72. The smallest absolute Gasteiger partial charge is 0.336 e. The average Bonchev–Trinajstić information content (AvgIpc) is 1.85. The van der Waals surface area contributed by atoms with Crippen LogP contribution in [0.4, 0.5) is 0 Å². The molecule has 0 bridgehead atoms. The van der Waals surface area contributed by atoms with E-state index in [9.17, 15) is 9.59 Å². The first-order chi connectivity index (χ1) is 5.15. The normalized spacial score (nSPS) is 9.64. The highest BCUT2D eigenvalue weighted by Gasteiger charge is 2.03. The number of carbonyl (C=O) groups excluding carboxylic acids is 1. The van der Waals surface area contributed by atoms with E-state index in [4.69, 9.17) is 4.42 Å². The van der Waals surface area contributed by atoms with Crippen LogP contribution < -0.4 is 5.63 Å². The van der Waals surface area contributed by atoms with Crippen molar-refractivity contribution in [2.75, 3.05) is 0 Å². The van der Waals surface area contributed by atoms with Crippen LogP contribution in [0.1, 0.15) is 21.7 Å². The summed E-state index contributed by atoms with van der Waals surface area (Å²) in [6.45, 7) is 3.30. The molecule has 1 heterocycles. The molecule has 0 aliphatic heterocycles. The molecule has 0 saturated carbocycles. The highest BCUT2D eigenvalue weighted by molar-refractivity contribution is 5.77. The standard InChI is InChI=1S/C8H8O3/c1-5-3-8(10)11-6(2)7(5)4-9/h3-4H,1-2H3. The molecule has 1 aromatic rings. The minimum Gasteiger partial charge on any atom is -0.427 e. The van der Waals surface area contributed by atoms with Crippen LogP contribution in [0, 0.1) is 13.8 Å². The number of hydrogen-bond donors (Lipinski definition) is 0. The molecule has 0 amide bonds. The predicted octanol–water partition coefficient (Wildman–Crippen LogP) is 1.07. The van der Waals surface area contributed by atoms with Crippen LogP contribution in [0.2, 0.25) is 0 Å². The van der Waals surface area contributed by atoms with Crippen molar-refractivity contribution in [3.63, 3.8) is 0 Å². The van der Waals surface area contributed by atoms with Crippen LogP contribution in [0.25, 0.3) is 0 Å². The molecule has 0 fully saturated rings. The van der Waals surface area contributed by atoms with E-state index in [0.29, 0.717) is 23.2 Å². The third kappa shape index (κ3) is 1.37. The lowest BCUT2D eigenvalue weighted by Crippen LogP contribution is -2.03. The molecule has 58 valence electrons. The first-order valence-corrected chi connectivity index (χ1v) is 3.21. The van der Waals surface area contributed by atoms with Gasteiger partial charge in [0.25, 0.3) is 0 Å². The van der Waals surface area contributed by atoms with Crippen LogP contribution in [0.5, 0.6) is 0 Å². The van der Waals surface area contributed by atoms with Crippen molar-refractivity contribution < 1.29 is 9.21 Å². The quantitative estimate of drug-likeness (QED) is 0.565. The summed E-state index contributed by atoms with van der Waals surface area (Å²) in [6.07, 6.45) is 0.688. The molecule has 0 atom stereocenters. The van der Waals surface area contributed by atoms with E-state index in [1.807, 2.05) is 0 Å². The number of aldehydes is 1. The zero-order chi connectivity index (χ0) is 8.43. The largest absolute Gasteiger partial charge is 0.427 e. The zero-order valence-electron chi connectivity index (χ0n) is 6.38. The molecule has 0 radical (unpaired) electrons. The van der Waals surface area contributed by atoms with Gasteiger partial charge in [-0.25, -0.2) is 4.79 Å². The van der Waals surface area contributed by atoms with E-state index < -0.39 is 5.63 Å². The summed E-state index contributed by atoms with van der Waals surface area (Å²) < 4.78 is 4.69. The lowest BCUT2D eigenvalue weighted by Gasteiger charge is -1.98. The third-order valence-electron chi connectivity index (χ3n) is 1.51. The van der Waals surface area contributed by atoms with E-state index >= 15 is 0 Å². The molecule has 11 heavy (non-hydrogen) atoms. The fraction of sp³-hybridized carbons (Fsp3) is 0.250. The van der Waals surface area contributed by atoms with Crippen LogP contribution in [0.3, 0.4) is 0 Å². The van der Waals surface area contributed by atoms with Gasteiger partial charge in [0.2, 0.25) is 0 Å². The summed E-state index contributed by atoms with van der Waals surface area (Å²) in [7, 11) is 0. The second kappa shape index (κ2) is 2.70. The predicted molar refractivity (Wildman–Crippen MR) is 39.8 cm³/mol. The maximum absolute atomic E-state index is 10.7. The lowest BCUT2D eigenvalue weighted by molar-refractivity contribution is 0.111. The Morgan fingerprint density at radius 2 is 2.09 bits per heavy atom. The van der Waals surface area contributed by atoms with Gasteiger partial charge in [-0.15, -0.1) is 0 Å². The fourth-order valence-corrected chi connectivity index (χ4v) is 0.943. The van der Waals surface area contributed by atoms with Crippen molar-refractivity contribution in [3.8, 4) is 0 Å². The molecule has 0 unspecified atom stereocenters. The maximum Gasteiger partial charge on any atom is 0.336 e. The summed E-state index contributed by atoms with van der Waals surface area (Å²) in [5.74, 6) is 0.380. The number of hydrogen-bond acceptors (Lipinski definition) is 3. The second-order valence-electron chi connectivity index (χ2n) is 2.34. The Morgan fingerprint density at radius 3 is 2.55 bits per heavy atom. The molecule has 0 N–H and O–H groups in total. The van der Waals surface area contributed by atoms with Crippen LogP contribution in [0.15, 0.2) is 15.3 Å². The lowest BCUT2D eigenvalue weighted by atomic mass is 10.1. The maximum atomic E-state index is 10.7. The fourth-order valence-electron chi connectivity index (χ4n) is 0.943. The Kier molecular flexibility index (Phi) is 1.89. The Morgan fingerprint density at radius 1 is 1.45 bits per heavy atom. The van der Waals surface area contributed by atoms with Gasteiger partial charge in [-0.05, 0) is 19.4 Å². The Bertz CT molecular complexity index is 309. The van der Waals surface area contributed by atoms with Crippen LogP contribution in [-0.4, -0.2) is 6.29 Å². The van der Waals surface area contributed by atoms with Crippen LogP contribution >= 0.6 is 0 Å². The SMILES string of the molecule is Cc1cc(=O)oc(C)c1C=O. The summed E-state index contributed by atoms with van der Waals surface area (Å²) in [5.41, 5.74) is 0.712. The summed E-state index contributed by atoms with van der Waals surface area (Å²) in [5, 5.41) is 0. The highest BCUT2D eigenvalue weighted by atomic mass is 16.4. The van der Waals surface area contributed by atoms with E-state index in [-0.39, 0.29) is 0 Å². The molecule has 0 spiro atoms. The molecular weight excluding hydrogens is 144 g/mol. The number of carbonyl (C=O) groups is 1. The van der Waals surface area contributed by atoms with Crippen molar-refractivity contribution in [3.05, 3.63) is 33.4 Å². The molecule has 3 heteroatoms. The molecule has 1 aromatic heterocycles. The number of rotatable bonds is 1. The Labute approximate surface area is 63.7 Å². The summed E-state index contributed by atoms with van der Waals surface area (Å²) in [6, 6.07) is 1.30. The van der Waals surface area contributed by atoms with Crippen molar-refractivity contribution in [1.29, 1.82) is 0 Å². The van der Waals surface area contributed by atoms with E-state index in [1.54, 1.807) is 13.8 Å². The average molecular weight is 152 g/mol. The van der Waals surface area contributed by atoms with Gasteiger partial charge in [0.1, 0.15) is 5.76 Å². The minimum atomic E-state index is -0.411. The molecule has 0 saturated heterocycles. The Hall–Kier alpha value is -1.38. The molecule has 0 aliphatic rings. The van der Waals surface area contributed by atoms with Gasteiger partial charge < -0.3 is 4.42 Å². The zero-order valence-corrected chi connectivity index (χ0v) is 6.38. The van der Waals surface area contributed by atoms with Crippen molar-refractivity contribution in [1.82, 2.24) is 0 Å².